The van der Waals surface area contributed by atoms with E-state index in [1.54, 1.807) is 13.2 Å². The predicted molar refractivity (Wildman–Crippen MR) is 62.5 cm³/mol. The molecule has 16 heavy (non-hydrogen) atoms. The summed E-state index contributed by atoms with van der Waals surface area (Å²) in [5.41, 5.74) is 1.09. The Morgan fingerprint density at radius 3 is 2.62 bits per heavy atom. The van der Waals surface area contributed by atoms with Gasteiger partial charge in [-0.05, 0) is 24.1 Å². The Bertz CT molecular complexity index is 341. The van der Waals surface area contributed by atoms with Crippen LogP contribution in [0.1, 0.15) is 12.0 Å². The number of hydrogen-bond donors (Lipinski definition) is 0. The van der Waals surface area contributed by atoms with E-state index in [-0.39, 0.29) is 12.6 Å². The molecule has 0 aliphatic rings. The van der Waals surface area contributed by atoms with Gasteiger partial charge >= 0.3 is 5.97 Å². The highest BCUT2D eigenvalue weighted by Crippen LogP contribution is 2.12. The van der Waals surface area contributed by atoms with Gasteiger partial charge in [-0.25, -0.2) is 0 Å². The van der Waals surface area contributed by atoms with E-state index in [1.165, 1.54) is 0 Å². The average molecular weight is 220 g/mol. The van der Waals surface area contributed by atoms with Gasteiger partial charge in [0.1, 0.15) is 12.4 Å². The molecule has 0 spiro atoms. The molecule has 0 aliphatic carbocycles. The largest absolute Gasteiger partial charge is 0.497 e. The van der Waals surface area contributed by atoms with Gasteiger partial charge < -0.3 is 9.47 Å². The van der Waals surface area contributed by atoms with Crippen molar-refractivity contribution in [3.8, 4) is 5.75 Å². The van der Waals surface area contributed by atoms with Gasteiger partial charge in [-0.2, -0.15) is 0 Å². The van der Waals surface area contributed by atoms with E-state index < -0.39 is 0 Å². The summed E-state index contributed by atoms with van der Waals surface area (Å²) < 4.78 is 9.92. The molecule has 0 fully saturated rings. The maximum Gasteiger partial charge on any atom is 0.306 e. The van der Waals surface area contributed by atoms with Gasteiger partial charge in [0.05, 0.1) is 7.11 Å². The minimum atomic E-state index is -0.198. The molecule has 0 atom stereocenters. The SMILES string of the molecule is C=CCOC(=O)CCc1ccc(OC)cc1. The van der Waals surface area contributed by atoms with E-state index in [0.717, 1.165) is 11.3 Å². The zero-order chi connectivity index (χ0) is 11.8. The van der Waals surface area contributed by atoms with Crippen LogP contribution in [0.15, 0.2) is 36.9 Å². The van der Waals surface area contributed by atoms with Gasteiger partial charge in [-0.1, -0.05) is 24.8 Å². The van der Waals surface area contributed by atoms with Crippen molar-refractivity contribution in [3.05, 3.63) is 42.5 Å². The van der Waals surface area contributed by atoms with Crippen LogP contribution in [0.4, 0.5) is 0 Å². The summed E-state index contributed by atoms with van der Waals surface area (Å²) in [4.78, 5) is 11.2. The molecule has 0 unspecified atom stereocenters. The number of hydrogen-bond acceptors (Lipinski definition) is 3. The van der Waals surface area contributed by atoms with Gasteiger partial charge in [-0.15, -0.1) is 0 Å². The zero-order valence-corrected chi connectivity index (χ0v) is 9.44. The van der Waals surface area contributed by atoms with Crippen LogP contribution < -0.4 is 4.74 Å². The maximum atomic E-state index is 11.2. The lowest BCUT2D eigenvalue weighted by Crippen LogP contribution is -2.05. The lowest BCUT2D eigenvalue weighted by molar-refractivity contribution is -0.142. The molecule has 0 saturated carbocycles. The smallest absolute Gasteiger partial charge is 0.306 e. The normalized spacial score (nSPS) is 9.56. The molecule has 0 N–H and O–H groups in total. The Labute approximate surface area is 95.7 Å². The first-order valence-corrected chi connectivity index (χ1v) is 5.15. The minimum absolute atomic E-state index is 0.198. The summed E-state index contributed by atoms with van der Waals surface area (Å²) in [6.45, 7) is 3.76. The van der Waals surface area contributed by atoms with Gasteiger partial charge in [-0.3, -0.25) is 4.79 Å². The second kappa shape index (κ2) is 6.67. The highest BCUT2D eigenvalue weighted by molar-refractivity contribution is 5.69. The number of aryl methyl sites for hydroxylation is 1. The van der Waals surface area contributed by atoms with Gasteiger partial charge in [0.2, 0.25) is 0 Å². The standard InChI is InChI=1S/C13H16O3/c1-3-10-16-13(14)9-6-11-4-7-12(15-2)8-5-11/h3-5,7-8H,1,6,9-10H2,2H3. The van der Waals surface area contributed by atoms with Crippen molar-refractivity contribution in [1.82, 2.24) is 0 Å². The fourth-order valence-corrected chi connectivity index (χ4v) is 1.26. The molecule has 0 aromatic heterocycles. The summed E-state index contributed by atoms with van der Waals surface area (Å²) in [6, 6.07) is 7.65. The molecule has 0 aliphatic heterocycles. The van der Waals surface area contributed by atoms with Crippen molar-refractivity contribution in [2.75, 3.05) is 13.7 Å². The first-order chi connectivity index (χ1) is 7.76. The molecule has 0 saturated heterocycles. The van der Waals surface area contributed by atoms with E-state index in [0.29, 0.717) is 12.8 Å². The highest BCUT2D eigenvalue weighted by atomic mass is 16.5. The van der Waals surface area contributed by atoms with Crippen molar-refractivity contribution < 1.29 is 14.3 Å². The summed E-state index contributed by atoms with van der Waals surface area (Å²) in [5.74, 6) is 0.619. The second-order valence-corrected chi connectivity index (χ2v) is 3.32. The molecule has 3 heteroatoms. The Hall–Kier alpha value is -1.77. The zero-order valence-electron chi connectivity index (χ0n) is 9.44. The highest BCUT2D eigenvalue weighted by Gasteiger charge is 2.02. The quantitative estimate of drug-likeness (QED) is 0.545. The van der Waals surface area contributed by atoms with Crippen molar-refractivity contribution in [2.45, 2.75) is 12.8 Å². The molecule has 0 bridgehead atoms. The van der Waals surface area contributed by atoms with E-state index in [1.807, 2.05) is 24.3 Å². The van der Waals surface area contributed by atoms with Crippen molar-refractivity contribution >= 4 is 5.97 Å². The monoisotopic (exact) mass is 220 g/mol. The number of rotatable bonds is 6. The number of carbonyl (C=O) groups excluding carboxylic acids is 1. The number of benzene rings is 1. The third-order valence-electron chi connectivity index (χ3n) is 2.14. The number of methoxy groups -OCH3 is 1. The molecule has 3 nitrogen and oxygen atoms in total. The molecule has 86 valence electrons. The van der Waals surface area contributed by atoms with E-state index >= 15 is 0 Å². The average Bonchev–Trinajstić information content (AvgIpc) is 2.34. The first kappa shape index (κ1) is 12.3. The molecule has 0 amide bonds. The Balaban J connectivity index is 2.36. The summed E-state index contributed by atoms with van der Waals surface area (Å²) in [6.07, 6.45) is 2.63. The fraction of sp³-hybridized carbons (Fsp3) is 0.308. The van der Waals surface area contributed by atoms with Gasteiger partial charge in [0.25, 0.3) is 0 Å². The van der Waals surface area contributed by atoms with E-state index in [4.69, 9.17) is 9.47 Å². The van der Waals surface area contributed by atoms with Crippen molar-refractivity contribution in [3.63, 3.8) is 0 Å². The van der Waals surface area contributed by atoms with Crippen LogP contribution in [-0.2, 0) is 16.0 Å². The Kier molecular flexibility index (Phi) is 5.12. The molecule has 1 aromatic carbocycles. The van der Waals surface area contributed by atoms with E-state index in [9.17, 15) is 4.79 Å². The third-order valence-corrected chi connectivity index (χ3v) is 2.14. The Morgan fingerprint density at radius 2 is 2.06 bits per heavy atom. The second-order valence-electron chi connectivity index (χ2n) is 3.32. The maximum absolute atomic E-state index is 11.2. The molecular weight excluding hydrogens is 204 g/mol. The predicted octanol–water partition coefficient (Wildman–Crippen LogP) is 2.36. The number of esters is 1. The van der Waals surface area contributed by atoms with Crippen LogP contribution in [0.2, 0.25) is 0 Å². The topological polar surface area (TPSA) is 35.5 Å². The summed E-state index contributed by atoms with van der Waals surface area (Å²) in [5, 5.41) is 0. The van der Waals surface area contributed by atoms with Crippen LogP contribution in [0, 0.1) is 0 Å². The van der Waals surface area contributed by atoms with Gasteiger partial charge in [0.15, 0.2) is 0 Å². The summed E-state index contributed by atoms with van der Waals surface area (Å²) >= 11 is 0. The van der Waals surface area contributed by atoms with Gasteiger partial charge in [0, 0.05) is 6.42 Å². The molecule has 0 radical (unpaired) electrons. The number of ether oxygens (including phenoxy) is 2. The van der Waals surface area contributed by atoms with Crippen LogP contribution in [0.3, 0.4) is 0 Å². The molecule has 0 heterocycles. The van der Waals surface area contributed by atoms with Crippen LogP contribution in [-0.4, -0.2) is 19.7 Å². The fourth-order valence-electron chi connectivity index (χ4n) is 1.26. The summed E-state index contributed by atoms with van der Waals surface area (Å²) in [7, 11) is 1.63. The van der Waals surface area contributed by atoms with Crippen LogP contribution in [0.25, 0.3) is 0 Å². The number of carbonyl (C=O) groups is 1. The van der Waals surface area contributed by atoms with Crippen LogP contribution in [0.5, 0.6) is 5.75 Å². The molecule has 1 aromatic rings. The van der Waals surface area contributed by atoms with Crippen LogP contribution >= 0.6 is 0 Å². The Morgan fingerprint density at radius 1 is 1.38 bits per heavy atom. The van der Waals surface area contributed by atoms with E-state index in [2.05, 4.69) is 6.58 Å². The molecular formula is C13H16O3. The first-order valence-electron chi connectivity index (χ1n) is 5.15. The third kappa shape index (κ3) is 4.17. The minimum Gasteiger partial charge on any atom is -0.497 e. The molecule has 1 rings (SSSR count). The lowest BCUT2D eigenvalue weighted by atomic mass is 10.1. The van der Waals surface area contributed by atoms with Crippen molar-refractivity contribution in [1.29, 1.82) is 0 Å². The van der Waals surface area contributed by atoms with Crippen molar-refractivity contribution in [2.24, 2.45) is 0 Å². The lowest BCUT2D eigenvalue weighted by Gasteiger charge is -2.03.